The van der Waals surface area contributed by atoms with Gasteiger partial charge in [0.1, 0.15) is 25.2 Å². The Morgan fingerprint density at radius 1 is 1.53 bits per heavy atom. The maximum atomic E-state index is 9.81. The van der Waals surface area contributed by atoms with Gasteiger partial charge in [0.2, 0.25) is 0 Å². The van der Waals surface area contributed by atoms with Crippen molar-refractivity contribution in [2.45, 2.75) is 19.4 Å². The van der Waals surface area contributed by atoms with Crippen molar-refractivity contribution in [1.82, 2.24) is 0 Å². The van der Waals surface area contributed by atoms with Gasteiger partial charge in [-0.2, -0.15) is 0 Å². The third kappa shape index (κ3) is 4.05. The van der Waals surface area contributed by atoms with Gasteiger partial charge in [0.05, 0.1) is 13.2 Å². The average Bonchev–Trinajstić information content (AvgIpc) is 2.19. The van der Waals surface area contributed by atoms with E-state index >= 15 is 0 Å². The summed E-state index contributed by atoms with van der Waals surface area (Å²) in [5, 5.41) is 9.81. The highest BCUT2D eigenvalue weighted by Gasteiger charge is 2.17. The van der Waals surface area contributed by atoms with Crippen LogP contribution in [-0.2, 0) is 4.74 Å². The summed E-state index contributed by atoms with van der Waals surface area (Å²) in [5.41, 5.74) is -0.363. The predicted molar refractivity (Wildman–Crippen MR) is 59.6 cm³/mol. The fourth-order valence-corrected chi connectivity index (χ4v) is 1.28. The van der Waals surface area contributed by atoms with Crippen LogP contribution < -0.4 is 4.90 Å². The van der Waals surface area contributed by atoms with Crippen LogP contribution in [0.15, 0.2) is 12.2 Å². The Kier molecular flexibility index (Phi) is 4.34. The number of aliphatic hydroxyl groups is 1. The van der Waals surface area contributed by atoms with Crippen LogP contribution in [0.3, 0.4) is 0 Å². The minimum atomic E-state index is -1.05. The van der Waals surface area contributed by atoms with E-state index in [0.29, 0.717) is 5.57 Å². The maximum absolute atomic E-state index is 9.81. The van der Waals surface area contributed by atoms with Crippen molar-refractivity contribution < 1.29 is 14.7 Å². The molecular weight excluding hydrogens is 190 g/mol. The molecule has 1 heterocycles. The number of quaternary nitrogens is 1. The Morgan fingerprint density at radius 2 is 2.13 bits per heavy atom. The first-order valence-corrected chi connectivity index (χ1v) is 5.32. The Morgan fingerprint density at radius 3 is 2.67 bits per heavy atom. The van der Waals surface area contributed by atoms with Crippen molar-refractivity contribution in [2.75, 3.05) is 32.8 Å². The molecule has 3 nitrogen and oxygen atoms in total. The second kappa shape index (κ2) is 5.32. The third-order valence-corrected chi connectivity index (χ3v) is 2.70. The van der Waals surface area contributed by atoms with E-state index in [9.17, 15) is 5.11 Å². The summed E-state index contributed by atoms with van der Waals surface area (Å²) in [4.78, 5) is 1.42. The fraction of sp³-hybridized carbons (Fsp3) is 0.667. The molecule has 84 valence electrons. The van der Waals surface area contributed by atoms with Crippen LogP contribution >= 0.6 is 0 Å². The van der Waals surface area contributed by atoms with E-state index in [1.165, 1.54) is 4.90 Å². The van der Waals surface area contributed by atoms with Crippen molar-refractivity contribution in [2.24, 2.45) is 0 Å². The lowest BCUT2D eigenvalue weighted by atomic mass is 10.00. The van der Waals surface area contributed by atoms with Gasteiger partial charge < -0.3 is 14.7 Å². The molecule has 0 aliphatic carbocycles. The molecule has 1 aliphatic heterocycles. The van der Waals surface area contributed by atoms with Crippen LogP contribution in [0.4, 0.5) is 0 Å². The van der Waals surface area contributed by atoms with Gasteiger partial charge in [-0.3, -0.25) is 0 Å². The molecule has 1 rings (SSSR count). The molecular formula is C12H20NO2+. The van der Waals surface area contributed by atoms with Gasteiger partial charge in [0.15, 0.2) is 0 Å². The van der Waals surface area contributed by atoms with Gasteiger partial charge in [0, 0.05) is 0 Å². The van der Waals surface area contributed by atoms with Crippen LogP contribution in [0.5, 0.6) is 0 Å². The smallest absolute Gasteiger partial charge is 0.143 e. The van der Waals surface area contributed by atoms with Gasteiger partial charge >= 0.3 is 0 Å². The highest BCUT2D eigenvalue weighted by Crippen LogP contribution is 2.11. The molecule has 0 aromatic heterocycles. The Labute approximate surface area is 91.7 Å². The quantitative estimate of drug-likeness (QED) is 0.464. The number of hydrogen-bond acceptors (Lipinski definition) is 2. The van der Waals surface area contributed by atoms with Crippen LogP contribution in [0, 0.1) is 11.8 Å². The summed E-state index contributed by atoms with van der Waals surface area (Å²) in [7, 11) is 0. The lowest BCUT2D eigenvalue weighted by Crippen LogP contribution is -3.14. The van der Waals surface area contributed by atoms with Crippen molar-refractivity contribution in [3.05, 3.63) is 12.2 Å². The SMILES string of the molecule is C=C(C)[C@@](C)(O)C#CC[NH+]1CCOCC1. The van der Waals surface area contributed by atoms with Crippen molar-refractivity contribution in [3.8, 4) is 11.8 Å². The predicted octanol–water partition coefficient (Wildman–Crippen LogP) is -0.768. The molecule has 0 unspecified atom stereocenters. The Bertz CT molecular complexity index is 280. The Balaban J connectivity index is 2.41. The first-order chi connectivity index (χ1) is 7.02. The lowest BCUT2D eigenvalue weighted by Gasteiger charge is -2.22. The maximum Gasteiger partial charge on any atom is 0.143 e. The first-order valence-electron chi connectivity index (χ1n) is 5.32. The van der Waals surface area contributed by atoms with E-state index in [4.69, 9.17) is 4.74 Å². The van der Waals surface area contributed by atoms with Crippen molar-refractivity contribution >= 4 is 0 Å². The van der Waals surface area contributed by atoms with E-state index < -0.39 is 5.60 Å². The first kappa shape index (κ1) is 12.3. The highest BCUT2D eigenvalue weighted by molar-refractivity contribution is 5.25. The highest BCUT2D eigenvalue weighted by atomic mass is 16.5. The lowest BCUT2D eigenvalue weighted by molar-refractivity contribution is -0.900. The molecule has 1 saturated heterocycles. The van der Waals surface area contributed by atoms with Gasteiger partial charge in [-0.25, -0.2) is 0 Å². The molecule has 2 N–H and O–H groups in total. The van der Waals surface area contributed by atoms with E-state index in [1.54, 1.807) is 13.8 Å². The van der Waals surface area contributed by atoms with Crippen molar-refractivity contribution in [3.63, 3.8) is 0 Å². The number of morpholine rings is 1. The number of rotatable bonds is 2. The number of hydrogen-bond donors (Lipinski definition) is 2. The average molecular weight is 210 g/mol. The zero-order valence-corrected chi connectivity index (χ0v) is 9.60. The second-order valence-corrected chi connectivity index (χ2v) is 4.19. The summed E-state index contributed by atoms with van der Waals surface area (Å²) in [5.74, 6) is 5.87. The van der Waals surface area contributed by atoms with Gasteiger partial charge in [-0.05, 0) is 25.3 Å². The molecule has 0 aromatic rings. The van der Waals surface area contributed by atoms with E-state index in [-0.39, 0.29) is 0 Å². The molecule has 0 radical (unpaired) electrons. The minimum Gasteiger partial charge on any atom is -0.374 e. The molecule has 0 bridgehead atoms. The zero-order chi connectivity index (χ0) is 11.3. The summed E-state index contributed by atoms with van der Waals surface area (Å²) in [6.45, 7) is 11.6. The topological polar surface area (TPSA) is 33.9 Å². The molecule has 0 saturated carbocycles. The molecule has 0 aromatic carbocycles. The van der Waals surface area contributed by atoms with E-state index in [2.05, 4.69) is 18.4 Å². The summed E-state index contributed by atoms with van der Waals surface area (Å²) >= 11 is 0. The van der Waals surface area contributed by atoms with E-state index in [0.717, 1.165) is 32.8 Å². The monoisotopic (exact) mass is 210 g/mol. The third-order valence-electron chi connectivity index (χ3n) is 2.70. The molecule has 3 heteroatoms. The molecule has 15 heavy (non-hydrogen) atoms. The molecule has 1 fully saturated rings. The minimum absolute atomic E-state index is 0.687. The van der Waals surface area contributed by atoms with Gasteiger partial charge in [-0.15, -0.1) is 0 Å². The standard InChI is InChI=1S/C12H19NO2/c1-11(2)12(3,14)5-4-6-13-7-9-15-10-8-13/h14H,1,6-10H2,2-3H3/p+1/t12-/m0/s1. The number of nitrogens with one attached hydrogen (secondary N) is 1. The molecule has 0 amide bonds. The summed E-state index contributed by atoms with van der Waals surface area (Å²) in [6.07, 6.45) is 0. The largest absolute Gasteiger partial charge is 0.374 e. The van der Waals surface area contributed by atoms with Gasteiger partial charge in [0.25, 0.3) is 0 Å². The van der Waals surface area contributed by atoms with Crippen molar-refractivity contribution in [1.29, 1.82) is 0 Å². The molecule has 1 atom stereocenters. The normalized spacial score (nSPS) is 21.3. The summed E-state index contributed by atoms with van der Waals surface area (Å²) in [6, 6.07) is 0. The molecule has 0 spiro atoms. The van der Waals surface area contributed by atoms with Crippen LogP contribution in [0.1, 0.15) is 13.8 Å². The second-order valence-electron chi connectivity index (χ2n) is 4.19. The summed E-state index contributed by atoms with van der Waals surface area (Å²) < 4.78 is 5.25. The Hall–Kier alpha value is -0.820. The zero-order valence-electron chi connectivity index (χ0n) is 9.60. The fourth-order valence-electron chi connectivity index (χ4n) is 1.28. The van der Waals surface area contributed by atoms with Crippen LogP contribution in [0.25, 0.3) is 0 Å². The van der Waals surface area contributed by atoms with E-state index in [1.807, 2.05) is 0 Å². The van der Waals surface area contributed by atoms with Gasteiger partial charge in [-0.1, -0.05) is 12.5 Å². The number of ether oxygens (including phenoxy) is 1. The van der Waals surface area contributed by atoms with Crippen LogP contribution in [-0.4, -0.2) is 43.6 Å². The van der Waals surface area contributed by atoms with Crippen LogP contribution in [0.2, 0.25) is 0 Å². The molecule has 1 aliphatic rings.